The van der Waals surface area contributed by atoms with Crippen molar-refractivity contribution in [2.75, 3.05) is 39.8 Å². The largest absolute Gasteiger partial charge is 0.478 e. The zero-order chi connectivity index (χ0) is 25.3. The molecule has 0 radical (unpaired) electrons. The fourth-order valence-corrected chi connectivity index (χ4v) is 4.89. The predicted octanol–water partition coefficient (Wildman–Crippen LogP) is 4.20. The first-order valence-corrected chi connectivity index (χ1v) is 12.8. The van der Waals surface area contributed by atoms with Crippen molar-refractivity contribution in [2.45, 2.75) is 45.8 Å². The minimum absolute atomic E-state index is 0.111. The number of rotatable bonds is 8. The Hall–Kier alpha value is -3.07. The van der Waals surface area contributed by atoms with Crippen LogP contribution in [-0.2, 0) is 10.3 Å². The fraction of sp³-hybridized carbons (Fsp3) is 0.464. The molecular weight excluding hydrogens is 452 g/mol. The van der Waals surface area contributed by atoms with E-state index >= 15 is 0 Å². The molecule has 1 aliphatic rings. The summed E-state index contributed by atoms with van der Waals surface area (Å²) in [5, 5.41) is 3.50. The number of aromatic nitrogens is 4. The van der Waals surface area contributed by atoms with E-state index in [1.165, 1.54) is 0 Å². The number of nitrogens with zero attached hydrogens (tertiary/aromatic N) is 5. The van der Waals surface area contributed by atoms with Crippen LogP contribution < -0.4 is 10.1 Å². The average Bonchev–Trinajstić information content (AvgIpc) is 3.24. The molecule has 0 bridgehead atoms. The van der Waals surface area contributed by atoms with Gasteiger partial charge >= 0.3 is 0 Å². The number of hydrogen-bond acceptors (Lipinski definition) is 7. The summed E-state index contributed by atoms with van der Waals surface area (Å²) in [7, 11) is 2.12. The lowest BCUT2D eigenvalue weighted by molar-refractivity contribution is -0.108. The predicted molar refractivity (Wildman–Crippen MR) is 143 cm³/mol. The Bertz CT molecular complexity index is 1350. The normalized spacial score (nSPS) is 20.4. The molecule has 36 heavy (non-hydrogen) atoms. The highest BCUT2D eigenvalue weighted by molar-refractivity contribution is 5.84. The monoisotopic (exact) mass is 488 g/mol. The number of aryl methyl sites for hydroxylation is 1. The van der Waals surface area contributed by atoms with Gasteiger partial charge in [0.25, 0.3) is 0 Å². The number of morpholine rings is 1. The summed E-state index contributed by atoms with van der Waals surface area (Å²) in [6.45, 7) is 12.7. The number of benzene rings is 1. The van der Waals surface area contributed by atoms with E-state index in [1.54, 1.807) is 0 Å². The van der Waals surface area contributed by atoms with Crippen LogP contribution in [0.3, 0.4) is 0 Å². The van der Waals surface area contributed by atoms with Gasteiger partial charge in [-0.05, 0) is 64.5 Å². The van der Waals surface area contributed by atoms with Crippen LogP contribution >= 0.6 is 0 Å². The number of nitrogens with one attached hydrogen (secondary N) is 1. The van der Waals surface area contributed by atoms with Crippen molar-refractivity contribution in [1.82, 2.24) is 29.6 Å². The molecule has 1 aliphatic heterocycles. The maximum absolute atomic E-state index is 6.43. The molecule has 4 heterocycles. The van der Waals surface area contributed by atoms with Crippen molar-refractivity contribution >= 4 is 16.6 Å². The smallest absolute Gasteiger partial charge is 0.213 e. The van der Waals surface area contributed by atoms with Gasteiger partial charge in [-0.1, -0.05) is 13.0 Å². The van der Waals surface area contributed by atoms with Gasteiger partial charge in [-0.3, -0.25) is 9.38 Å². The summed E-state index contributed by atoms with van der Waals surface area (Å²) in [5.74, 6) is 1.55. The molecule has 1 fully saturated rings. The third kappa shape index (κ3) is 4.81. The SMILES string of the molecule is CCN(C)CCCOc1ccc(-c2ccc3ncc4c(C)nc([C@]5(C)CNC[C@@H](C)O5)n4c3c2)cn1. The lowest BCUT2D eigenvalue weighted by atomic mass is 10.0. The van der Waals surface area contributed by atoms with Crippen molar-refractivity contribution < 1.29 is 9.47 Å². The third-order valence-electron chi connectivity index (χ3n) is 7.01. The van der Waals surface area contributed by atoms with Gasteiger partial charge in [0.05, 0.1) is 41.2 Å². The van der Waals surface area contributed by atoms with Crippen LogP contribution in [0.25, 0.3) is 27.7 Å². The molecule has 2 atom stereocenters. The third-order valence-corrected chi connectivity index (χ3v) is 7.01. The van der Waals surface area contributed by atoms with Crippen LogP contribution in [0.15, 0.2) is 42.7 Å². The maximum atomic E-state index is 6.43. The van der Waals surface area contributed by atoms with Crippen LogP contribution in [0.4, 0.5) is 0 Å². The number of pyridine rings is 1. The van der Waals surface area contributed by atoms with E-state index in [4.69, 9.17) is 19.4 Å². The van der Waals surface area contributed by atoms with Gasteiger partial charge in [0.2, 0.25) is 5.88 Å². The molecule has 1 N–H and O–H groups in total. The Morgan fingerprint density at radius 2 is 2.00 bits per heavy atom. The first-order valence-electron chi connectivity index (χ1n) is 12.8. The molecule has 1 aromatic carbocycles. The molecule has 0 aliphatic carbocycles. The molecule has 190 valence electrons. The van der Waals surface area contributed by atoms with Gasteiger partial charge in [0, 0.05) is 37.5 Å². The summed E-state index contributed by atoms with van der Waals surface area (Å²) in [4.78, 5) is 16.5. The van der Waals surface area contributed by atoms with Crippen molar-refractivity contribution in [3.63, 3.8) is 0 Å². The second-order valence-corrected chi connectivity index (χ2v) is 9.98. The van der Waals surface area contributed by atoms with Crippen molar-refractivity contribution in [3.05, 3.63) is 54.2 Å². The highest BCUT2D eigenvalue weighted by Crippen LogP contribution is 2.33. The Kier molecular flexibility index (Phi) is 6.92. The quantitative estimate of drug-likeness (QED) is 0.373. The second kappa shape index (κ2) is 10.1. The molecule has 1 saturated heterocycles. The zero-order valence-electron chi connectivity index (χ0n) is 21.9. The maximum Gasteiger partial charge on any atom is 0.213 e. The van der Waals surface area contributed by atoms with Crippen LogP contribution in [0, 0.1) is 6.92 Å². The first-order chi connectivity index (χ1) is 17.4. The molecule has 0 amide bonds. The summed E-state index contributed by atoms with van der Waals surface area (Å²) in [6.07, 6.45) is 4.87. The van der Waals surface area contributed by atoms with Gasteiger partial charge < -0.3 is 19.7 Å². The summed E-state index contributed by atoms with van der Waals surface area (Å²) >= 11 is 0. The molecule has 0 saturated carbocycles. The van der Waals surface area contributed by atoms with Crippen LogP contribution in [-0.4, -0.2) is 70.2 Å². The average molecular weight is 489 g/mol. The Morgan fingerprint density at radius 3 is 2.75 bits per heavy atom. The summed E-state index contributed by atoms with van der Waals surface area (Å²) in [5.41, 5.74) is 5.42. The molecule has 0 unspecified atom stereocenters. The zero-order valence-corrected chi connectivity index (χ0v) is 21.9. The lowest BCUT2D eigenvalue weighted by Crippen LogP contribution is -2.50. The standard InChI is InChI=1S/C28H36N6O2/c1-6-33(5)12-7-13-35-26-11-9-22(16-31-26)21-8-10-23-24(14-21)34-25(17-30-23)20(3)32-27(34)28(4)18-29-15-19(2)36-28/h8-11,14,16-17,19,29H,6-7,12-13,15,18H2,1-5H3/t19-,28+/m1/s1. The Balaban J connectivity index is 1.46. The number of hydrogen-bond donors (Lipinski definition) is 1. The van der Waals surface area contributed by atoms with Crippen LogP contribution in [0.1, 0.15) is 38.7 Å². The lowest BCUT2D eigenvalue weighted by Gasteiger charge is -2.37. The topological polar surface area (TPSA) is 76.8 Å². The van der Waals surface area contributed by atoms with E-state index in [0.29, 0.717) is 19.0 Å². The van der Waals surface area contributed by atoms with Crippen LogP contribution in [0.2, 0.25) is 0 Å². The van der Waals surface area contributed by atoms with Gasteiger partial charge in [0.15, 0.2) is 0 Å². The fourth-order valence-electron chi connectivity index (χ4n) is 4.89. The van der Waals surface area contributed by atoms with Crippen molar-refractivity contribution in [2.24, 2.45) is 0 Å². The summed E-state index contributed by atoms with van der Waals surface area (Å²) in [6, 6.07) is 10.3. The molecule has 4 aromatic rings. The van der Waals surface area contributed by atoms with E-state index < -0.39 is 5.60 Å². The number of fused-ring (bicyclic) bond motifs is 3. The molecule has 0 spiro atoms. The van der Waals surface area contributed by atoms with E-state index in [-0.39, 0.29) is 6.10 Å². The van der Waals surface area contributed by atoms with E-state index in [0.717, 1.165) is 65.3 Å². The molecular formula is C28H36N6O2. The number of imidazole rings is 1. The minimum Gasteiger partial charge on any atom is -0.478 e. The van der Waals surface area contributed by atoms with E-state index in [2.05, 4.69) is 71.7 Å². The van der Waals surface area contributed by atoms with Crippen molar-refractivity contribution in [1.29, 1.82) is 0 Å². The van der Waals surface area contributed by atoms with E-state index in [1.807, 2.05) is 25.4 Å². The Morgan fingerprint density at radius 1 is 1.17 bits per heavy atom. The van der Waals surface area contributed by atoms with Crippen LogP contribution in [0.5, 0.6) is 5.88 Å². The Labute approximate surface area is 212 Å². The summed E-state index contributed by atoms with van der Waals surface area (Å²) < 4.78 is 14.5. The molecule has 8 nitrogen and oxygen atoms in total. The molecule has 3 aromatic heterocycles. The second-order valence-electron chi connectivity index (χ2n) is 9.98. The van der Waals surface area contributed by atoms with Gasteiger partial charge in [-0.15, -0.1) is 0 Å². The van der Waals surface area contributed by atoms with Gasteiger partial charge in [-0.2, -0.15) is 0 Å². The van der Waals surface area contributed by atoms with Crippen molar-refractivity contribution in [3.8, 4) is 17.0 Å². The first kappa shape index (κ1) is 24.6. The van der Waals surface area contributed by atoms with Gasteiger partial charge in [0.1, 0.15) is 11.4 Å². The molecule has 5 rings (SSSR count). The van der Waals surface area contributed by atoms with E-state index in [9.17, 15) is 0 Å². The number of ether oxygens (including phenoxy) is 2. The van der Waals surface area contributed by atoms with Gasteiger partial charge in [-0.25, -0.2) is 9.97 Å². The minimum atomic E-state index is -0.536. The highest BCUT2D eigenvalue weighted by Gasteiger charge is 2.37. The molecule has 8 heteroatoms. The highest BCUT2D eigenvalue weighted by atomic mass is 16.5.